The molecular weight excluding hydrogens is 220 g/mol. The highest BCUT2D eigenvalue weighted by molar-refractivity contribution is 9.10. The summed E-state index contributed by atoms with van der Waals surface area (Å²) in [5.41, 5.74) is 0.750. The fraction of sp³-hybridized carbons (Fsp3) is 1.00. The van der Waals surface area contributed by atoms with Crippen molar-refractivity contribution in [2.45, 2.75) is 36.4 Å². The standard InChI is InChI=1S/C8H17BrOSi/c1-8(9)6(5-10)7(8)11(2,3)4/h6-7,10H,5H2,1-4H3. The molecule has 66 valence electrons. The topological polar surface area (TPSA) is 20.2 Å². The molecule has 0 aromatic heterocycles. The third-order valence-electron chi connectivity index (χ3n) is 2.76. The van der Waals surface area contributed by atoms with E-state index in [2.05, 4.69) is 42.5 Å². The molecule has 0 saturated heterocycles. The maximum Gasteiger partial charge on any atom is 0.0494 e. The van der Waals surface area contributed by atoms with Gasteiger partial charge in [0.05, 0.1) is 0 Å². The van der Waals surface area contributed by atoms with Crippen molar-refractivity contribution in [3.63, 3.8) is 0 Å². The van der Waals surface area contributed by atoms with E-state index >= 15 is 0 Å². The molecule has 1 nitrogen and oxygen atoms in total. The summed E-state index contributed by atoms with van der Waals surface area (Å²) in [6.45, 7) is 9.65. The van der Waals surface area contributed by atoms with Gasteiger partial charge in [0.15, 0.2) is 0 Å². The minimum Gasteiger partial charge on any atom is -0.396 e. The number of halogens is 1. The Morgan fingerprint density at radius 2 is 1.91 bits per heavy atom. The van der Waals surface area contributed by atoms with E-state index in [1.54, 1.807) is 0 Å². The lowest BCUT2D eigenvalue weighted by Gasteiger charge is -2.16. The summed E-state index contributed by atoms with van der Waals surface area (Å²) < 4.78 is 0.242. The smallest absolute Gasteiger partial charge is 0.0494 e. The maximum atomic E-state index is 9.07. The van der Waals surface area contributed by atoms with Crippen molar-refractivity contribution >= 4 is 24.0 Å². The molecule has 1 aliphatic carbocycles. The minimum absolute atomic E-state index is 0.242. The first-order valence-electron chi connectivity index (χ1n) is 4.11. The highest BCUT2D eigenvalue weighted by Crippen LogP contribution is 2.65. The molecule has 1 rings (SSSR count). The lowest BCUT2D eigenvalue weighted by molar-refractivity contribution is 0.273. The van der Waals surface area contributed by atoms with Gasteiger partial charge in [-0.25, -0.2) is 0 Å². The number of alkyl halides is 1. The van der Waals surface area contributed by atoms with Gasteiger partial charge in [0, 0.05) is 19.0 Å². The Hall–Kier alpha value is 0.657. The van der Waals surface area contributed by atoms with Gasteiger partial charge in [-0.3, -0.25) is 0 Å². The van der Waals surface area contributed by atoms with E-state index in [1.807, 2.05) is 0 Å². The van der Waals surface area contributed by atoms with Crippen molar-refractivity contribution in [3.8, 4) is 0 Å². The molecule has 0 aromatic rings. The number of hydrogen-bond acceptors (Lipinski definition) is 1. The lowest BCUT2D eigenvalue weighted by atomic mass is 10.4. The van der Waals surface area contributed by atoms with Gasteiger partial charge in [0.25, 0.3) is 0 Å². The van der Waals surface area contributed by atoms with Crippen LogP contribution in [-0.2, 0) is 0 Å². The van der Waals surface area contributed by atoms with Crippen LogP contribution in [0.4, 0.5) is 0 Å². The Labute approximate surface area is 78.3 Å². The zero-order valence-corrected chi connectivity index (χ0v) is 10.3. The Balaban J connectivity index is 2.66. The minimum atomic E-state index is -1.05. The third-order valence-corrected chi connectivity index (χ3v) is 7.13. The van der Waals surface area contributed by atoms with E-state index in [-0.39, 0.29) is 4.32 Å². The van der Waals surface area contributed by atoms with Gasteiger partial charge >= 0.3 is 0 Å². The summed E-state index contributed by atoms with van der Waals surface area (Å²) in [6.07, 6.45) is 0. The van der Waals surface area contributed by atoms with Crippen LogP contribution in [0.3, 0.4) is 0 Å². The summed E-state index contributed by atoms with van der Waals surface area (Å²) in [4.78, 5) is 0. The van der Waals surface area contributed by atoms with Crippen LogP contribution in [-0.4, -0.2) is 24.1 Å². The first-order chi connectivity index (χ1) is 4.81. The van der Waals surface area contributed by atoms with Crippen LogP contribution in [0.1, 0.15) is 6.92 Å². The van der Waals surface area contributed by atoms with Crippen LogP contribution < -0.4 is 0 Å². The van der Waals surface area contributed by atoms with Gasteiger partial charge in [-0.2, -0.15) is 0 Å². The molecule has 0 bridgehead atoms. The van der Waals surface area contributed by atoms with Crippen LogP contribution in [0.15, 0.2) is 0 Å². The molecule has 11 heavy (non-hydrogen) atoms. The lowest BCUT2D eigenvalue weighted by Crippen LogP contribution is -2.23. The highest BCUT2D eigenvalue weighted by atomic mass is 79.9. The molecule has 3 atom stereocenters. The van der Waals surface area contributed by atoms with Gasteiger partial charge in [0.1, 0.15) is 0 Å². The van der Waals surface area contributed by atoms with E-state index in [4.69, 9.17) is 5.11 Å². The normalized spacial score (nSPS) is 44.2. The van der Waals surface area contributed by atoms with E-state index in [0.29, 0.717) is 12.5 Å². The zero-order valence-electron chi connectivity index (χ0n) is 7.69. The number of hydrogen-bond donors (Lipinski definition) is 1. The van der Waals surface area contributed by atoms with Gasteiger partial charge in [0.2, 0.25) is 0 Å². The fourth-order valence-electron chi connectivity index (χ4n) is 2.30. The Bertz CT molecular complexity index is 162. The second-order valence-corrected chi connectivity index (χ2v) is 11.8. The second kappa shape index (κ2) is 2.57. The van der Waals surface area contributed by atoms with Crippen molar-refractivity contribution in [1.29, 1.82) is 0 Å². The number of rotatable bonds is 2. The Morgan fingerprint density at radius 1 is 1.45 bits per heavy atom. The van der Waals surface area contributed by atoms with E-state index in [1.165, 1.54) is 0 Å². The molecule has 3 heteroatoms. The van der Waals surface area contributed by atoms with Crippen molar-refractivity contribution in [2.24, 2.45) is 5.92 Å². The predicted octanol–water partition coefficient (Wildman–Crippen LogP) is 2.47. The first-order valence-corrected chi connectivity index (χ1v) is 8.48. The summed E-state index contributed by atoms with van der Waals surface area (Å²) in [6, 6.07) is 0. The Kier molecular flexibility index (Phi) is 2.28. The molecule has 1 saturated carbocycles. The van der Waals surface area contributed by atoms with Crippen molar-refractivity contribution in [2.75, 3.05) is 6.61 Å². The molecule has 0 aromatic carbocycles. The second-order valence-electron chi connectivity index (χ2n) is 4.78. The number of aliphatic hydroxyl groups is 1. The van der Waals surface area contributed by atoms with Gasteiger partial charge < -0.3 is 5.11 Å². The zero-order chi connectivity index (χ0) is 8.86. The van der Waals surface area contributed by atoms with Crippen LogP contribution in [0.2, 0.25) is 25.2 Å². The van der Waals surface area contributed by atoms with Crippen molar-refractivity contribution in [3.05, 3.63) is 0 Å². The van der Waals surface area contributed by atoms with Gasteiger partial charge in [-0.15, -0.1) is 0 Å². The monoisotopic (exact) mass is 236 g/mol. The summed E-state index contributed by atoms with van der Waals surface area (Å²) >= 11 is 3.69. The SMILES string of the molecule is CC1(Br)C(CO)C1[Si](C)(C)C. The van der Waals surface area contributed by atoms with Crippen molar-refractivity contribution in [1.82, 2.24) is 0 Å². The maximum absolute atomic E-state index is 9.07. The van der Waals surface area contributed by atoms with Crippen molar-refractivity contribution < 1.29 is 5.11 Å². The Morgan fingerprint density at radius 3 is 2.00 bits per heavy atom. The predicted molar refractivity (Wildman–Crippen MR) is 55.0 cm³/mol. The molecule has 1 fully saturated rings. The molecule has 0 radical (unpaired) electrons. The average molecular weight is 237 g/mol. The average Bonchev–Trinajstić information content (AvgIpc) is 2.31. The molecule has 0 amide bonds. The largest absolute Gasteiger partial charge is 0.396 e. The molecule has 0 heterocycles. The number of aliphatic hydroxyl groups excluding tert-OH is 1. The molecule has 1 aliphatic rings. The summed E-state index contributed by atoms with van der Waals surface area (Å²) in [5.74, 6) is 0.508. The molecule has 0 spiro atoms. The van der Waals surface area contributed by atoms with E-state index < -0.39 is 8.07 Å². The van der Waals surface area contributed by atoms with Gasteiger partial charge in [-0.05, 0) is 18.4 Å². The first kappa shape index (κ1) is 9.74. The molecular formula is C8H17BrOSi. The molecule has 3 unspecified atom stereocenters. The van der Waals surface area contributed by atoms with Crippen LogP contribution >= 0.6 is 15.9 Å². The summed E-state index contributed by atoms with van der Waals surface area (Å²) in [7, 11) is -1.05. The van der Waals surface area contributed by atoms with Gasteiger partial charge in [-0.1, -0.05) is 35.6 Å². The summed E-state index contributed by atoms with van der Waals surface area (Å²) in [5, 5.41) is 9.07. The molecule has 0 aliphatic heterocycles. The molecule has 1 N–H and O–H groups in total. The van der Waals surface area contributed by atoms with Crippen LogP contribution in [0.25, 0.3) is 0 Å². The van der Waals surface area contributed by atoms with Crippen LogP contribution in [0, 0.1) is 5.92 Å². The quantitative estimate of drug-likeness (QED) is 0.577. The van der Waals surface area contributed by atoms with E-state index in [9.17, 15) is 0 Å². The van der Waals surface area contributed by atoms with Crippen LogP contribution in [0.5, 0.6) is 0 Å². The highest BCUT2D eigenvalue weighted by Gasteiger charge is 2.63. The van der Waals surface area contributed by atoms with E-state index in [0.717, 1.165) is 5.54 Å². The third kappa shape index (κ3) is 1.56. The fourth-order valence-corrected chi connectivity index (χ4v) is 8.67.